The van der Waals surface area contributed by atoms with Gasteiger partial charge in [0.25, 0.3) is 0 Å². The first-order chi connectivity index (χ1) is 8.24. The zero-order valence-corrected chi connectivity index (χ0v) is 10.4. The highest BCUT2D eigenvalue weighted by molar-refractivity contribution is 6.30. The number of hydrogen-bond donors (Lipinski definition) is 0. The van der Waals surface area contributed by atoms with E-state index in [2.05, 4.69) is 0 Å². The Balaban J connectivity index is 1.78. The van der Waals surface area contributed by atoms with Crippen molar-refractivity contribution in [3.8, 4) is 0 Å². The van der Waals surface area contributed by atoms with Crippen LogP contribution in [0.2, 0.25) is 10.0 Å². The van der Waals surface area contributed by atoms with E-state index >= 15 is 0 Å². The van der Waals surface area contributed by atoms with Crippen molar-refractivity contribution in [2.45, 2.75) is 12.2 Å². The molecule has 1 saturated heterocycles. The van der Waals surface area contributed by atoms with E-state index in [-0.39, 0.29) is 12.2 Å². The Morgan fingerprint density at radius 2 is 1.00 bits per heavy atom. The second kappa shape index (κ2) is 4.34. The maximum absolute atomic E-state index is 5.85. The molecule has 0 spiro atoms. The highest BCUT2D eigenvalue weighted by Crippen LogP contribution is 2.50. The van der Waals surface area contributed by atoms with E-state index in [1.807, 2.05) is 48.5 Å². The molecule has 1 aliphatic rings. The molecule has 1 nitrogen and oxygen atoms in total. The molecule has 1 fully saturated rings. The van der Waals surface area contributed by atoms with Gasteiger partial charge in [0.2, 0.25) is 0 Å². The smallest absolute Gasteiger partial charge is 0.114 e. The number of epoxide rings is 1. The minimum atomic E-state index is 0.147. The zero-order valence-electron chi connectivity index (χ0n) is 8.94. The summed E-state index contributed by atoms with van der Waals surface area (Å²) in [6.45, 7) is 0. The molecule has 0 aliphatic carbocycles. The quantitative estimate of drug-likeness (QED) is 0.710. The first-order valence-corrected chi connectivity index (χ1v) is 6.16. The van der Waals surface area contributed by atoms with Gasteiger partial charge in [0.15, 0.2) is 0 Å². The molecule has 0 unspecified atom stereocenters. The van der Waals surface area contributed by atoms with Crippen LogP contribution in [0, 0.1) is 0 Å². The number of benzene rings is 2. The number of ether oxygens (including phenoxy) is 1. The Kier molecular flexibility index (Phi) is 2.83. The molecule has 2 aromatic rings. The van der Waals surface area contributed by atoms with Crippen molar-refractivity contribution in [1.29, 1.82) is 0 Å². The lowest BCUT2D eigenvalue weighted by Gasteiger charge is -1.98. The summed E-state index contributed by atoms with van der Waals surface area (Å²) in [5.41, 5.74) is 2.32. The summed E-state index contributed by atoms with van der Waals surface area (Å²) in [6.07, 6.45) is 0.293. The number of halogens is 2. The predicted octanol–water partition coefficient (Wildman–Crippen LogP) is 4.81. The average molecular weight is 265 g/mol. The molecule has 0 N–H and O–H groups in total. The maximum atomic E-state index is 5.85. The van der Waals surface area contributed by atoms with Crippen LogP contribution in [-0.4, -0.2) is 0 Å². The van der Waals surface area contributed by atoms with Crippen LogP contribution in [0.4, 0.5) is 0 Å². The second-order valence-corrected chi connectivity index (χ2v) is 4.95. The third-order valence-corrected chi connectivity index (χ3v) is 3.39. The standard InChI is InChI=1S/C14H10Cl2O/c15-11-5-1-9(2-6-11)13-14(17-13)10-3-7-12(16)8-4-10/h1-8,13-14H/t13-,14-/m1/s1. The summed E-state index contributed by atoms with van der Waals surface area (Å²) < 4.78 is 5.68. The van der Waals surface area contributed by atoms with Gasteiger partial charge in [-0.1, -0.05) is 47.5 Å². The van der Waals surface area contributed by atoms with Crippen LogP contribution in [0.3, 0.4) is 0 Å². The van der Waals surface area contributed by atoms with Crippen molar-refractivity contribution in [1.82, 2.24) is 0 Å². The van der Waals surface area contributed by atoms with Gasteiger partial charge in [0.05, 0.1) is 0 Å². The molecule has 1 aliphatic heterocycles. The van der Waals surface area contributed by atoms with Crippen LogP contribution in [0.15, 0.2) is 48.5 Å². The van der Waals surface area contributed by atoms with E-state index in [0.717, 1.165) is 21.2 Å². The Morgan fingerprint density at radius 3 is 1.35 bits per heavy atom. The number of rotatable bonds is 2. The summed E-state index contributed by atoms with van der Waals surface area (Å²) >= 11 is 11.7. The maximum Gasteiger partial charge on any atom is 0.114 e. The van der Waals surface area contributed by atoms with E-state index in [9.17, 15) is 0 Å². The molecule has 3 heteroatoms. The average Bonchev–Trinajstić information content (AvgIpc) is 3.11. The van der Waals surface area contributed by atoms with Crippen molar-refractivity contribution < 1.29 is 4.74 Å². The van der Waals surface area contributed by atoms with Crippen molar-refractivity contribution in [3.63, 3.8) is 0 Å². The predicted molar refractivity (Wildman–Crippen MR) is 69.5 cm³/mol. The molecule has 0 bridgehead atoms. The van der Waals surface area contributed by atoms with Crippen molar-refractivity contribution in [2.75, 3.05) is 0 Å². The summed E-state index contributed by atoms with van der Waals surface area (Å²) in [6, 6.07) is 15.6. The van der Waals surface area contributed by atoms with Gasteiger partial charge in [-0.05, 0) is 35.4 Å². The van der Waals surface area contributed by atoms with Gasteiger partial charge < -0.3 is 4.74 Å². The molecule has 3 rings (SSSR count). The van der Waals surface area contributed by atoms with Crippen LogP contribution in [0.25, 0.3) is 0 Å². The molecule has 0 amide bonds. The minimum Gasteiger partial charge on any atom is -0.359 e. The minimum absolute atomic E-state index is 0.147. The third-order valence-electron chi connectivity index (χ3n) is 2.89. The summed E-state index contributed by atoms with van der Waals surface area (Å²) in [4.78, 5) is 0. The van der Waals surface area contributed by atoms with Gasteiger partial charge in [0, 0.05) is 10.0 Å². The summed E-state index contributed by atoms with van der Waals surface area (Å²) in [7, 11) is 0. The monoisotopic (exact) mass is 264 g/mol. The van der Waals surface area contributed by atoms with E-state index in [1.54, 1.807) is 0 Å². The zero-order chi connectivity index (χ0) is 11.8. The van der Waals surface area contributed by atoms with E-state index in [4.69, 9.17) is 27.9 Å². The highest BCUT2D eigenvalue weighted by Gasteiger charge is 2.41. The van der Waals surface area contributed by atoms with E-state index < -0.39 is 0 Å². The van der Waals surface area contributed by atoms with Crippen molar-refractivity contribution in [3.05, 3.63) is 69.7 Å². The van der Waals surface area contributed by atoms with E-state index in [0.29, 0.717) is 0 Å². The Hall–Kier alpha value is -1.02. The SMILES string of the molecule is Clc1ccc([C@H]2O[C@@H]2c2ccc(Cl)cc2)cc1. The Bertz CT molecular complexity index is 469. The lowest BCUT2D eigenvalue weighted by atomic mass is 10.0. The van der Waals surface area contributed by atoms with Gasteiger partial charge in [-0.3, -0.25) is 0 Å². The molecular weight excluding hydrogens is 255 g/mol. The molecule has 86 valence electrons. The highest BCUT2D eigenvalue weighted by atomic mass is 35.5. The second-order valence-electron chi connectivity index (χ2n) is 4.08. The van der Waals surface area contributed by atoms with Crippen LogP contribution < -0.4 is 0 Å². The van der Waals surface area contributed by atoms with Gasteiger partial charge in [-0.15, -0.1) is 0 Å². The molecule has 17 heavy (non-hydrogen) atoms. The molecule has 0 aromatic heterocycles. The van der Waals surface area contributed by atoms with Gasteiger partial charge in [-0.25, -0.2) is 0 Å². The lowest BCUT2D eigenvalue weighted by Crippen LogP contribution is -1.84. The topological polar surface area (TPSA) is 12.5 Å². The summed E-state index contributed by atoms with van der Waals surface area (Å²) in [5, 5.41) is 1.50. The van der Waals surface area contributed by atoms with Crippen LogP contribution in [-0.2, 0) is 4.74 Å². The van der Waals surface area contributed by atoms with E-state index in [1.165, 1.54) is 0 Å². The van der Waals surface area contributed by atoms with Gasteiger partial charge >= 0.3 is 0 Å². The fourth-order valence-electron chi connectivity index (χ4n) is 1.92. The van der Waals surface area contributed by atoms with Crippen molar-refractivity contribution in [2.24, 2.45) is 0 Å². The largest absolute Gasteiger partial charge is 0.359 e. The molecule has 0 saturated carbocycles. The molecule has 2 atom stereocenters. The van der Waals surface area contributed by atoms with Crippen molar-refractivity contribution >= 4 is 23.2 Å². The fraction of sp³-hybridized carbons (Fsp3) is 0.143. The van der Waals surface area contributed by atoms with Gasteiger partial charge in [0.1, 0.15) is 12.2 Å². The van der Waals surface area contributed by atoms with Crippen LogP contribution >= 0.6 is 23.2 Å². The van der Waals surface area contributed by atoms with Crippen LogP contribution in [0.5, 0.6) is 0 Å². The fourth-order valence-corrected chi connectivity index (χ4v) is 2.18. The Morgan fingerprint density at radius 1 is 0.647 bits per heavy atom. The molecular formula is C14H10Cl2O. The van der Waals surface area contributed by atoms with Gasteiger partial charge in [-0.2, -0.15) is 0 Å². The lowest BCUT2D eigenvalue weighted by molar-refractivity contribution is 0.377. The Labute approximate surface area is 110 Å². The number of hydrogen-bond acceptors (Lipinski definition) is 1. The molecule has 1 heterocycles. The van der Waals surface area contributed by atoms with Crippen LogP contribution in [0.1, 0.15) is 23.3 Å². The third kappa shape index (κ3) is 2.32. The molecule has 2 aromatic carbocycles. The molecule has 0 radical (unpaired) electrons. The summed E-state index contributed by atoms with van der Waals surface area (Å²) in [5.74, 6) is 0. The first kappa shape index (κ1) is 11.1. The normalized spacial score (nSPS) is 22.5. The first-order valence-electron chi connectivity index (χ1n) is 5.40.